The van der Waals surface area contributed by atoms with Crippen LogP contribution in [0.1, 0.15) is 34.7 Å². The Morgan fingerprint density at radius 3 is 2.65 bits per heavy atom. The van der Waals surface area contributed by atoms with E-state index in [1.54, 1.807) is 11.8 Å². The highest BCUT2D eigenvalue weighted by Gasteiger charge is 2.43. The molecule has 2 aromatic rings. The minimum atomic E-state index is -0.194. The molecule has 1 aromatic heterocycles. The first-order valence-corrected chi connectivity index (χ1v) is 10.1. The predicted molar refractivity (Wildman–Crippen MR) is 103 cm³/mol. The summed E-state index contributed by atoms with van der Waals surface area (Å²) in [5.41, 5.74) is 2.44. The number of rotatable bonds is 4. The molecule has 0 N–H and O–H groups in total. The SMILES string of the molecule is CCN1CCN(C(c2cccc(C)c2)C2Sc3nc(C)nn3C2=O)CC1. The van der Waals surface area contributed by atoms with E-state index in [1.165, 1.54) is 15.8 Å². The molecular weight excluding hydrogens is 346 g/mol. The van der Waals surface area contributed by atoms with Crippen molar-refractivity contribution in [2.75, 3.05) is 32.7 Å². The summed E-state index contributed by atoms with van der Waals surface area (Å²) in [7, 11) is 0. The normalized spacial score (nSPS) is 22.6. The van der Waals surface area contributed by atoms with Gasteiger partial charge in [0.25, 0.3) is 5.91 Å². The van der Waals surface area contributed by atoms with E-state index in [0.717, 1.165) is 37.9 Å². The molecule has 1 fully saturated rings. The van der Waals surface area contributed by atoms with Crippen LogP contribution in [-0.4, -0.2) is 68.4 Å². The molecule has 3 heterocycles. The zero-order chi connectivity index (χ0) is 18.3. The van der Waals surface area contributed by atoms with E-state index in [2.05, 4.69) is 58.0 Å². The van der Waals surface area contributed by atoms with Gasteiger partial charge in [0.05, 0.1) is 6.04 Å². The molecule has 0 bridgehead atoms. The standard InChI is InChI=1S/C19H25N5OS/c1-4-22-8-10-23(11-9-22)16(15-7-5-6-13(2)12-15)17-18(25)24-19(26-17)20-14(3)21-24/h5-7,12,16-17H,4,8-11H2,1-3H3. The quantitative estimate of drug-likeness (QED) is 0.823. The van der Waals surface area contributed by atoms with Gasteiger partial charge in [-0.05, 0) is 26.0 Å². The number of hydrogen-bond donors (Lipinski definition) is 0. The lowest BCUT2D eigenvalue weighted by atomic mass is 9.98. The third-order valence-corrected chi connectivity index (χ3v) is 6.47. The van der Waals surface area contributed by atoms with Crippen LogP contribution in [0.4, 0.5) is 0 Å². The highest BCUT2D eigenvalue weighted by molar-refractivity contribution is 8.00. The highest BCUT2D eigenvalue weighted by atomic mass is 32.2. The summed E-state index contributed by atoms with van der Waals surface area (Å²) < 4.78 is 1.50. The van der Waals surface area contributed by atoms with Crippen LogP contribution in [0.5, 0.6) is 0 Å². The Kier molecular flexibility index (Phi) is 4.86. The van der Waals surface area contributed by atoms with Gasteiger partial charge in [0.15, 0.2) is 5.16 Å². The zero-order valence-electron chi connectivity index (χ0n) is 15.6. The van der Waals surface area contributed by atoms with Crippen molar-refractivity contribution in [1.82, 2.24) is 24.6 Å². The summed E-state index contributed by atoms with van der Waals surface area (Å²) in [6, 6.07) is 8.61. The summed E-state index contributed by atoms with van der Waals surface area (Å²) in [4.78, 5) is 22.4. The van der Waals surface area contributed by atoms with E-state index < -0.39 is 0 Å². The molecule has 0 amide bonds. The van der Waals surface area contributed by atoms with Gasteiger partial charge in [0.2, 0.25) is 0 Å². The van der Waals surface area contributed by atoms with Gasteiger partial charge < -0.3 is 4.90 Å². The summed E-state index contributed by atoms with van der Waals surface area (Å²) in [6.45, 7) is 11.3. The van der Waals surface area contributed by atoms with E-state index in [9.17, 15) is 4.79 Å². The van der Waals surface area contributed by atoms with E-state index in [-0.39, 0.29) is 17.2 Å². The third-order valence-electron chi connectivity index (χ3n) is 5.29. The first kappa shape index (κ1) is 17.7. The number of piperazine rings is 1. The molecule has 0 radical (unpaired) electrons. The number of thioether (sulfide) groups is 1. The van der Waals surface area contributed by atoms with E-state index >= 15 is 0 Å². The van der Waals surface area contributed by atoms with Crippen molar-refractivity contribution in [3.05, 3.63) is 41.2 Å². The van der Waals surface area contributed by atoms with Crippen LogP contribution in [0, 0.1) is 13.8 Å². The lowest BCUT2D eigenvalue weighted by Crippen LogP contribution is -2.50. The molecule has 6 nitrogen and oxygen atoms in total. The second-order valence-electron chi connectivity index (χ2n) is 7.06. The Labute approximate surface area is 158 Å². The number of aromatic nitrogens is 3. The molecule has 0 spiro atoms. The molecule has 2 aliphatic rings. The van der Waals surface area contributed by atoms with Gasteiger partial charge in [0.1, 0.15) is 11.1 Å². The summed E-state index contributed by atoms with van der Waals surface area (Å²) in [6.07, 6.45) is 0. The lowest BCUT2D eigenvalue weighted by Gasteiger charge is -2.40. The van der Waals surface area contributed by atoms with Crippen LogP contribution in [0.2, 0.25) is 0 Å². The van der Waals surface area contributed by atoms with Gasteiger partial charge in [-0.3, -0.25) is 9.69 Å². The predicted octanol–water partition coefficient (Wildman–Crippen LogP) is 2.39. The highest BCUT2D eigenvalue weighted by Crippen LogP contribution is 2.41. The van der Waals surface area contributed by atoms with Crippen molar-refractivity contribution in [2.24, 2.45) is 0 Å². The fourth-order valence-corrected chi connectivity index (χ4v) is 5.19. The molecule has 138 valence electrons. The van der Waals surface area contributed by atoms with Crippen molar-refractivity contribution in [2.45, 2.75) is 37.2 Å². The molecule has 7 heteroatoms. The van der Waals surface area contributed by atoms with Crippen LogP contribution in [0.3, 0.4) is 0 Å². The van der Waals surface area contributed by atoms with E-state index in [1.807, 2.05) is 6.92 Å². The second-order valence-corrected chi connectivity index (χ2v) is 8.17. The maximum Gasteiger partial charge on any atom is 0.264 e. The Balaban J connectivity index is 1.65. The number of fused-ring (bicyclic) bond motifs is 1. The lowest BCUT2D eigenvalue weighted by molar-refractivity contribution is 0.0738. The number of carbonyl (C=O) groups is 1. The monoisotopic (exact) mass is 371 g/mol. The maximum atomic E-state index is 13.1. The third kappa shape index (κ3) is 3.19. The number of nitrogens with zero attached hydrogens (tertiary/aromatic N) is 5. The Morgan fingerprint density at radius 1 is 1.23 bits per heavy atom. The van der Waals surface area contributed by atoms with Crippen LogP contribution in [0.15, 0.2) is 29.4 Å². The summed E-state index contributed by atoms with van der Waals surface area (Å²) >= 11 is 1.56. The van der Waals surface area contributed by atoms with E-state index in [0.29, 0.717) is 5.82 Å². The first-order chi connectivity index (χ1) is 12.6. The zero-order valence-corrected chi connectivity index (χ0v) is 16.4. The van der Waals surface area contributed by atoms with Gasteiger partial charge in [-0.25, -0.2) is 4.98 Å². The molecule has 1 saturated heterocycles. The van der Waals surface area contributed by atoms with Crippen molar-refractivity contribution in [1.29, 1.82) is 0 Å². The van der Waals surface area contributed by atoms with Gasteiger partial charge >= 0.3 is 0 Å². The fourth-order valence-electron chi connectivity index (χ4n) is 3.89. The molecule has 0 saturated carbocycles. The summed E-state index contributed by atoms with van der Waals surface area (Å²) in [5, 5.41) is 4.83. The van der Waals surface area contributed by atoms with E-state index in [4.69, 9.17) is 0 Å². The summed E-state index contributed by atoms with van der Waals surface area (Å²) in [5.74, 6) is 0.706. The maximum absolute atomic E-state index is 13.1. The smallest absolute Gasteiger partial charge is 0.264 e. The minimum absolute atomic E-state index is 0.0510. The van der Waals surface area contributed by atoms with Crippen molar-refractivity contribution >= 4 is 17.7 Å². The molecule has 2 atom stereocenters. The van der Waals surface area contributed by atoms with Crippen LogP contribution in [0.25, 0.3) is 0 Å². The Morgan fingerprint density at radius 2 is 2.00 bits per heavy atom. The minimum Gasteiger partial charge on any atom is -0.301 e. The Hall–Kier alpha value is -1.70. The van der Waals surface area contributed by atoms with Crippen molar-refractivity contribution in [3.8, 4) is 0 Å². The average Bonchev–Trinajstić information content (AvgIpc) is 3.14. The molecule has 26 heavy (non-hydrogen) atoms. The number of likely N-dealkylation sites (N-methyl/N-ethyl adjacent to an activating group) is 1. The molecule has 0 aliphatic carbocycles. The van der Waals surface area contributed by atoms with Crippen molar-refractivity contribution in [3.63, 3.8) is 0 Å². The average molecular weight is 372 g/mol. The second kappa shape index (κ2) is 7.13. The largest absolute Gasteiger partial charge is 0.301 e. The van der Waals surface area contributed by atoms with Crippen LogP contribution in [-0.2, 0) is 0 Å². The molecule has 2 unspecified atom stereocenters. The fraction of sp³-hybridized carbons (Fsp3) is 0.526. The number of aryl methyl sites for hydroxylation is 2. The molecule has 2 aliphatic heterocycles. The van der Waals surface area contributed by atoms with Gasteiger partial charge in [0, 0.05) is 26.2 Å². The molecule has 1 aromatic carbocycles. The van der Waals surface area contributed by atoms with Gasteiger partial charge in [-0.15, -0.1) is 5.10 Å². The van der Waals surface area contributed by atoms with Gasteiger partial charge in [-0.1, -0.05) is 48.5 Å². The number of carbonyl (C=O) groups excluding carboxylic acids is 1. The van der Waals surface area contributed by atoms with Crippen molar-refractivity contribution < 1.29 is 4.79 Å². The molecular formula is C19H25N5OS. The number of hydrogen-bond acceptors (Lipinski definition) is 6. The molecule has 4 rings (SSSR count). The topological polar surface area (TPSA) is 54.3 Å². The number of benzene rings is 1. The van der Waals surface area contributed by atoms with Gasteiger partial charge in [-0.2, -0.15) is 4.68 Å². The first-order valence-electron chi connectivity index (χ1n) is 9.24. The van der Waals surface area contributed by atoms with Crippen LogP contribution >= 0.6 is 11.8 Å². The Bertz CT molecular complexity index is 812. The van der Waals surface area contributed by atoms with Crippen LogP contribution < -0.4 is 0 Å².